The quantitative estimate of drug-likeness (QED) is 0.128. The molecular formula is C55H89N5O3. The van der Waals surface area contributed by atoms with Crippen LogP contribution < -0.4 is 15.4 Å². The van der Waals surface area contributed by atoms with Gasteiger partial charge in [-0.25, -0.2) is 0 Å². The zero-order valence-corrected chi connectivity index (χ0v) is 42.7. The third-order valence-corrected chi connectivity index (χ3v) is 16.2. The van der Waals surface area contributed by atoms with E-state index in [9.17, 15) is 0 Å². The minimum Gasteiger partial charge on any atom is -0.497 e. The maximum absolute atomic E-state index is 15.0. The number of nitrogens with one attached hydrogen (secondary N) is 2. The van der Waals surface area contributed by atoms with E-state index in [2.05, 4.69) is 190 Å². The normalized spacial score (nSPS) is 25.7. The summed E-state index contributed by atoms with van der Waals surface area (Å²) in [4.78, 5) is 22.9. The lowest BCUT2D eigenvalue weighted by Crippen LogP contribution is -2.66. The Labute approximate surface area is 384 Å². The number of benzene rings is 2. The highest BCUT2D eigenvalue weighted by Crippen LogP contribution is 2.54. The number of carbonyl (C=O) groups excluding carboxylic acids is 1. The minimum atomic E-state index is -0.453. The fourth-order valence-electron chi connectivity index (χ4n) is 13.6. The summed E-state index contributed by atoms with van der Waals surface area (Å²) < 4.78 is 12.5. The largest absolute Gasteiger partial charge is 0.497 e. The molecule has 0 radical (unpaired) electrons. The number of ether oxygens (including phenoxy) is 2. The molecule has 6 rings (SSSR count). The van der Waals surface area contributed by atoms with Gasteiger partial charge in [-0.2, -0.15) is 0 Å². The van der Waals surface area contributed by atoms with Gasteiger partial charge in [0.25, 0.3) is 0 Å². The van der Waals surface area contributed by atoms with Crippen LogP contribution in [0.1, 0.15) is 182 Å². The molecule has 3 saturated heterocycles. The average molecular weight is 868 g/mol. The smallest absolute Gasteiger partial charge is 0.306 e. The van der Waals surface area contributed by atoms with E-state index in [-0.39, 0.29) is 63.2 Å². The Morgan fingerprint density at radius 1 is 0.746 bits per heavy atom. The fourth-order valence-corrected chi connectivity index (χ4v) is 13.6. The zero-order chi connectivity index (χ0) is 46.4. The molecule has 8 nitrogen and oxygen atoms in total. The van der Waals surface area contributed by atoms with Gasteiger partial charge in [-0.15, -0.1) is 0 Å². The van der Waals surface area contributed by atoms with Crippen molar-refractivity contribution >= 4 is 12.0 Å². The van der Waals surface area contributed by atoms with Crippen LogP contribution in [0.5, 0.6) is 5.75 Å². The predicted octanol–water partition coefficient (Wildman–Crippen LogP) is 11.0. The molecule has 0 saturated carbocycles. The summed E-state index contributed by atoms with van der Waals surface area (Å²) in [5.74, 6) is 0.651. The first kappa shape index (κ1) is 49.7. The van der Waals surface area contributed by atoms with Crippen molar-refractivity contribution in [2.75, 3.05) is 34.8 Å². The van der Waals surface area contributed by atoms with E-state index in [1.54, 1.807) is 7.11 Å². The summed E-state index contributed by atoms with van der Waals surface area (Å²) in [6.07, 6.45) is 15.2. The number of likely N-dealkylation sites (N-methyl/N-ethyl adjacent to an activating group) is 1. The van der Waals surface area contributed by atoms with Crippen LogP contribution in [0, 0.1) is 0 Å². The molecule has 63 heavy (non-hydrogen) atoms. The first-order valence-corrected chi connectivity index (χ1v) is 24.5. The van der Waals surface area contributed by atoms with Crippen LogP contribution in [0.4, 0.5) is 0 Å². The second kappa shape index (κ2) is 18.5. The molecule has 3 aliphatic heterocycles. The molecule has 2 aromatic rings. The molecule has 3 unspecified atom stereocenters. The van der Waals surface area contributed by atoms with E-state index in [4.69, 9.17) is 9.47 Å². The molecule has 352 valence electrons. The number of rotatable bonds is 16. The molecule has 2 aromatic carbocycles. The Bertz CT molecular complexity index is 1850. The van der Waals surface area contributed by atoms with Crippen LogP contribution in [0.25, 0.3) is 6.08 Å². The first-order chi connectivity index (χ1) is 29.2. The monoisotopic (exact) mass is 868 g/mol. The third-order valence-electron chi connectivity index (χ3n) is 16.2. The van der Waals surface area contributed by atoms with E-state index >= 15 is 4.79 Å². The number of hydrogen-bond acceptors (Lipinski definition) is 8. The lowest BCUT2D eigenvalue weighted by Gasteiger charge is -2.58. The number of carbonyl (C=O) groups is 1. The molecule has 0 bridgehead atoms. The Balaban J connectivity index is 1.41. The SMILES string of the molecule is COc1ccc(C(CC(=O)OC2CC(C)(C)N(C)C(C)(C)C2)C(CCCCCN(C)C2CC(C)(C)NC(C)(C)C2)(C2C=Cc3ccccc32)N(C)C2CC(C)(C)NC(C)(C)C2)cc1. The van der Waals surface area contributed by atoms with Crippen molar-refractivity contribution < 1.29 is 14.3 Å². The van der Waals surface area contributed by atoms with Crippen LogP contribution in [-0.4, -0.2) is 112 Å². The van der Waals surface area contributed by atoms with Crippen LogP contribution in [0.2, 0.25) is 0 Å². The van der Waals surface area contributed by atoms with E-state index in [0.717, 1.165) is 76.5 Å². The van der Waals surface area contributed by atoms with Gasteiger partial charge in [0.2, 0.25) is 0 Å². The number of unbranched alkanes of at least 4 members (excludes halogenated alkanes) is 2. The minimum absolute atomic E-state index is 0.0551. The number of esters is 1. The first-order valence-electron chi connectivity index (χ1n) is 24.5. The van der Waals surface area contributed by atoms with Crippen LogP contribution >= 0.6 is 0 Å². The van der Waals surface area contributed by atoms with E-state index in [0.29, 0.717) is 12.5 Å². The summed E-state index contributed by atoms with van der Waals surface area (Å²) in [5, 5.41) is 7.87. The Kier molecular flexibility index (Phi) is 14.6. The van der Waals surface area contributed by atoms with Gasteiger partial charge in [0.05, 0.1) is 13.5 Å². The fraction of sp³-hybridized carbons (Fsp3) is 0.727. The van der Waals surface area contributed by atoms with Gasteiger partial charge in [0, 0.05) is 75.5 Å². The molecule has 3 fully saturated rings. The molecule has 0 aromatic heterocycles. The zero-order valence-electron chi connectivity index (χ0n) is 42.7. The van der Waals surface area contributed by atoms with Gasteiger partial charge in [0.1, 0.15) is 11.9 Å². The van der Waals surface area contributed by atoms with Crippen molar-refractivity contribution in [1.82, 2.24) is 25.3 Å². The van der Waals surface area contributed by atoms with Gasteiger partial charge in [0.15, 0.2) is 0 Å². The summed E-state index contributed by atoms with van der Waals surface area (Å²) in [6.45, 7) is 29.1. The van der Waals surface area contributed by atoms with E-state index in [1.165, 1.54) is 16.7 Å². The lowest BCUT2D eigenvalue weighted by molar-refractivity contribution is -0.160. The second-order valence-corrected chi connectivity index (χ2v) is 24.5. The number of methoxy groups -OCH3 is 1. The summed E-state index contributed by atoms with van der Waals surface area (Å²) in [7, 11) is 8.71. The number of hydrogen-bond donors (Lipinski definition) is 2. The molecule has 2 N–H and O–H groups in total. The Hall–Kier alpha value is -2.75. The lowest BCUT2D eigenvalue weighted by atomic mass is 9.63. The molecular weight excluding hydrogens is 779 g/mol. The number of fused-ring (bicyclic) bond motifs is 1. The predicted molar refractivity (Wildman–Crippen MR) is 264 cm³/mol. The topological polar surface area (TPSA) is 69.3 Å². The second-order valence-electron chi connectivity index (χ2n) is 24.5. The Morgan fingerprint density at radius 2 is 1.29 bits per heavy atom. The highest BCUT2D eigenvalue weighted by atomic mass is 16.5. The highest BCUT2D eigenvalue weighted by molar-refractivity contribution is 5.72. The van der Waals surface area contributed by atoms with E-state index < -0.39 is 5.54 Å². The number of likely N-dealkylation sites (tertiary alicyclic amines) is 1. The van der Waals surface area contributed by atoms with Gasteiger partial charge < -0.3 is 25.0 Å². The third kappa shape index (κ3) is 11.4. The number of piperidine rings is 3. The van der Waals surface area contributed by atoms with Crippen molar-refractivity contribution in [3.63, 3.8) is 0 Å². The molecule has 0 amide bonds. The molecule has 4 aliphatic rings. The molecule has 3 atom stereocenters. The van der Waals surface area contributed by atoms with Gasteiger partial charge in [-0.3, -0.25) is 14.6 Å². The van der Waals surface area contributed by atoms with Gasteiger partial charge in [-0.1, -0.05) is 61.4 Å². The maximum Gasteiger partial charge on any atom is 0.306 e. The maximum atomic E-state index is 15.0. The van der Waals surface area contributed by atoms with E-state index in [1.807, 2.05) is 0 Å². The standard InChI is InChI=1S/C55H89N5O3/c1-49(2)33-41(34-50(3,4)56-49)58(13)31-21-17-20-30-55(46-29-26-39-22-18-19-23-45(39)46,59(14)42-35-51(5,6)57-52(7,8)36-42)47(40-24-27-43(62-16)28-25-40)32-48(61)63-44-37-53(9,10)60(15)54(11,12)38-44/h18-19,22-29,41-42,44,46-47,56-57H,17,20-21,30-38H2,1-16H3. The Morgan fingerprint density at radius 3 is 1.84 bits per heavy atom. The van der Waals surface area contributed by atoms with Crippen molar-refractivity contribution in [2.24, 2.45) is 0 Å². The highest BCUT2D eigenvalue weighted by Gasteiger charge is 2.54. The van der Waals surface area contributed by atoms with Crippen molar-refractivity contribution in [1.29, 1.82) is 0 Å². The van der Waals surface area contributed by atoms with Gasteiger partial charge in [-0.05, 0) is 178 Å². The van der Waals surface area contributed by atoms with Crippen LogP contribution in [0.15, 0.2) is 54.6 Å². The van der Waals surface area contributed by atoms with Crippen LogP contribution in [-0.2, 0) is 9.53 Å². The van der Waals surface area contributed by atoms with Crippen molar-refractivity contribution in [2.45, 2.75) is 223 Å². The summed E-state index contributed by atoms with van der Waals surface area (Å²) >= 11 is 0. The summed E-state index contributed by atoms with van der Waals surface area (Å²) in [6, 6.07) is 18.5. The number of nitrogens with zero attached hydrogens (tertiary/aromatic N) is 3. The molecule has 3 heterocycles. The molecule has 0 spiro atoms. The average Bonchev–Trinajstić information content (AvgIpc) is 3.59. The summed E-state index contributed by atoms with van der Waals surface area (Å²) in [5.41, 5.74) is 3.30. The van der Waals surface area contributed by atoms with Gasteiger partial charge >= 0.3 is 5.97 Å². The van der Waals surface area contributed by atoms with Crippen molar-refractivity contribution in [3.05, 3.63) is 71.3 Å². The van der Waals surface area contributed by atoms with Crippen LogP contribution in [0.3, 0.4) is 0 Å². The van der Waals surface area contributed by atoms with Crippen molar-refractivity contribution in [3.8, 4) is 5.75 Å². The molecule has 8 heteroatoms. The molecule has 1 aliphatic carbocycles.